The molecule has 0 heterocycles. The third-order valence-corrected chi connectivity index (χ3v) is 4.26. The van der Waals surface area contributed by atoms with Gasteiger partial charge in [-0.25, -0.2) is 0 Å². The number of nitrogens with zero attached hydrogens (tertiary/aromatic N) is 1. The van der Waals surface area contributed by atoms with Crippen LogP contribution >= 0.6 is 0 Å². The molecule has 0 unspecified atom stereocenters. The molecule has 0 aliphatic carbocycles. The molecule has 0 amide bonds. The van der Waals surface area contributed by atoms with Crippen LogP contribution in [-0.4, -0.2) is 12.8 Å². The molecule has 0 saturated heterocycles. The minimum absolute atomic E-state index is 1.08. The van der Waals surface area contributed by atoms with Gasteiger partial charge in [-0.1, -0.05) is 68.3 Å². The van der Waals surface area contributed by atoms with Crippen LogP contribution < -0.4 is 0 Å². The van der Waals surface area contributed by atoms with Crippen molar-refractivity contribution in [1.82, 2.24) is 0 Å². The zero-order valence-electron chi connectivity index (χ0n) is 18.6. The van der Waals surface area contributed by atoms with E-state index >= 15 is 0 Å². The smallest absolute Gasteiger partial charge is 0.0345 e. The molecule has 0 atom stereocenters. The van der Waals surface area contributed by atoms with Gasteiger partial charge in [-0.15, -0.1) is 6.58 Å². The average Bonchev–Trinajstić information content (AvgIpc) is 2.66. The van der Waals surface area contributed by atoms with Gasteiger partial charge in [0, 0.05) is 12.8 Å². The van der Waals surface area contributed by atoms with Gasteiger partial charge in [0.05, 0.1) is 0 Å². The van der Waals surface area contributed by atoms with Gasteiger partial charge in [-0.2, -0.15) is 0 Å². The highest BCUT2D eigenvalue weighted by Gasteiger charge is 1.94. The lowest BCUT2D eigenvalue weighted by molar-refractivity contribution is 0.789. The Labute approximate surface area is 163 Å². The molecule has 0 spiro atoms. The standard InChI is InChI=1S/C9H15N.C9H12.C7H14/c1-6-7(2)8(3)9(4)10-5;1-3-9-6-4-8(2)5-7-9;1-4-5-6-7(2)3/h6H,1H2,2-5H3;4-7H,3H2,1-2H3;2,4-6H2,1,3H3/b8-7-,10-9?;;. The maximum absolute atomic E-state index is 4.07. The fraction of sp³-hybridized carbons (Fsp3) is 0.480. The second-order valence-corrected chi connectivity index (χ2v) is 6.72. The summed E-state index contributed by atoms with van der Waals surface area (Å²) in [5.74, 6) is 0. The highest BCUT2D eigenvalue weighted by molar-refractivity contribution is 5.98. The summed E-state index contributed by atoms with van der Waals surface area (Å²) in [5, 5.41) is 0. The maximum atomic E-state index is 4.07. The van der Waals surface area contributed by atoms with Gasteiger partial charge in [0.2, 0.25) is 0 Å². The second kappa shape index (κ2) is 16.6. The van der Waals surface area contributed by atoms with Gasteiger partial charge in [0.15, 0.2) is 0 Å². The maximum Gasteiger partial charge on any atom is 0.0345 e. The Morgan fingerprint density at radius 3 is 1.88 bits per heavy atom. The Hall–Kier alpha value is -1.89. The summed E-state index contributed by atoms with van der Waals surface area (Å²) >= 11 is 0. The highest BCUT2D eigenvalue weighted by Crippen LogP contribution is 2.05. The Morgan fingerprint density at radius 2 is 1.58 bits per heavy atom. The summed E-state index contributed by atoms with van der Waals surface area (Å²) in [5.41, 5.74) is 7.56. The number of allylic oxidation sites excluding steroid dienone is 4. The van der Waals surface area contributed by atoms with Crippen LogP contribution in [0.3, 0.4) is 0 Å². The Bertz CT molecular complexity index is 571. The molecule has 0 bridgehead atoms. The van der Waals surface area contributed by atoms with Crippen LogP contribution in [0.15, 0.2) is 65.2 Å². The number of rotatable bonds is 6. The minimum atomic E-state index is 1.08. The van der Waals surface area contributed by atoms with Crippen molar-refractivity contribution in [2.45, 2.75) is 74.1 Å². The fourth-order valence-corrected chi connectivity index (χ4v) is 1.91. The number of aliphatic imine (C=N–C) groups is 1. The first-order valence-corrected chi connectivity index (χ1v) is 9.66. The second-order valence-electron chi connectivity index (χ2n) is 6.72. The van der Waals surface area contributed by atoms with Crippen LogP contribution in [-0.2, 0) is 6.42 Å². The zero-order chi connectivity index (χ0) is 20.5. The van der Waals surface area contributed by atoms with E-state index in [9.17, 15) is 0 Å². The molecule has 0 aliphatic heterocycles. The van der Waals surface area contributed by atoms with E-state index in [0.717, 1.165) is 12.1 Å². The van der Waals surface area contributed by atoms with E-state index in [4.69, 9.17) is 0 Å². The molecule has 0 aliphatic rings. The van der Waals surface area contributed by atoms with Crippen LogP contribution in [0, 0.1) is 6.92 Å². The third-order valence-electron chi connectivity index (χ3n) is 4.26. The summed E-state index contributed by atoms with van der Waals surface area (Å²) in [6.45, 7) is 22.1. The van der Waals surface area contributed by atoms with Crippen molar-refractivity contribution in [3.63, 3.8) is 0 Å². The van der Waals surface area contributed by atoms with E-state index in [1.54, 1.807) is 7.05 Å². The molecule has 1 nitrogen and oxygen atoms in total. The van der Waals surface area contributed by atoms with Crippen molar-refractivity contribution >= 4 is 5.71 Å². The predicted octanol–water partition coefficient (Wildman–Crippen LogP) is 7.91. The van der Waals surface area contributed by atoms with Gasteiger partial charge < -0.3 is 0 Å². The van der Waals surface area contributed by atoms with Crippen molar-refractivity contribution in [1.29, 1.82) is 0 Å². The predicted molar refractivity (Wildman–Crippen MR) is 123 cm³/mol. The molecule has 1 rings (SSSR count). The quantitative estimate of drug-likeness (QED) is 0.279. The van der Waals surface area contributed by atoms with Gasteiger partial charge >= 0.3 is 0 Å². The van der Waals surface area contributed by atoms with Crippen LogP contribution in [0.1, 0.15) is 71.9 Å². The topological polar surface area (TPSA) is 12.4 Å². The average molecular weight is 356 g/mol. The van der Waals surface area contributed by atoms with Crippen molar-refractivity contribution in [3.05, 3.63) is 71.3 Å². The third kappa shape index (κ3) is 14.5. The summed E-state index contributed by atoms with van der Waals surface area (Å²) < 4.78 is 0. The number of benzene rings is 1. The first-order valence-electron chi connectivity index (χ1n) is 9.66. The molecule has 1 heteroatoms. The van der Waals surface area contributed by atoms with Crippen LogP contribution in [0.25, 0.3) is 0 Å². The SMILES string of the molecule is C=C(C)CCCC.C=C/C(C)=C(/C)C(C)=NC.CCc1ccc(C)cc1. The van der Waals surface area contributed by atoms with Crippen molar-refractivity contribution in [3.8, 4) is 0 Å². The first-order chi connectivity index (χ1) is 12.2. The molecule has 0 radical (unpaired) electrons. The van der Waals surface area contributed by atoms with Crippen molar-refractivity contribution in [2.24, 2.45) is 4.99 Å². The Morgan fingerprint density at radius 1 is 1.04 bits per heavy atom. The molecule has 0 fully saturated rings. The van der Waals surface area contributed by atoms with Crippen molar-refractivity contribution in [2.75, 3.05) is 7.05 Å². The normalized spacial score (nSPS) is 11.3. The van der Waals surface area contributed by atoms with Gasteiger partial charge in [0.1, 0.15) is 0 Å². The molecule has 0 aromatic heterocycles. The van der Waals surface area contributed by atoms with E-state index in [1.807, 2.05) is 19.9 Å². The number of unbranched alkanes of at least 4 members (excludes halogenated alkanes) is 1. The van der Waals surface area contributed by atoms with Crippen LogP contribution in [0.4, 0.5) is 0 Å². The largest absolute Gasteiger partial charge is 0.293 e. The molecule has 0 saturated carbocycles. The lowest BCUT2D eigenvalue weighted by Gasteiger charge is -2.01. The summed E-state index contributed by atoms with van der Waals surface area (Å²) in [6.07, 6.45) is 6.78. The Balaban J connectivity index is 0. The lowest BCUT2D eigenvalue weighted by atomic mass is 10.1. The highest BCUT2D eigenvalue weighted by atomic mass is 14.7. The first kappa shape index (κ1) is 26.3. The number of hydrogen-bond acceptors (Lipinski definition) is 1. The van der Waals surface area contributed by atoms with E-state index in [-0.39, 0.29) is 0 Å². The summed E-state index contributed by atoms with van der Waals surface area (Å²) in [6, 6.07) is 8.66. The summed E-state index contributed by atoms with van der Waals surface area (Å²) in [7, 11) is 1.80. The molecule has 1 aromatic carbocycles. The molecular weight excluding hydrogens is 314 g/mol. The minimum Gasteiger partial charge on any atom is -0.293 e. The van der Waals surface area contributed by atoms with E-state index < -0.39 is 0 Å². The number of hydrogen-bond donors (Lipinski definition) is 0. The molecule has 0 N–H and O–H groups in total. The molecule has 1 aromatic rings. The van der Waals surface area contributed by atoms with Crippen LogP contribution in [0.2, 0.25) is 0 Å². The summed E-state index contributed by atoms with van der Waals surface area (Å²) in [4.78, 5) is 4.07. The monoisotopic (exact) mass is 355 g/mol. The van der Waals surface area contributed by atoms with E-state index in [0.29, 0.717) is 0 Å². The Kier molecular flexibility index (Phi) is 16.8. The molecule has 146 valence electrons. The lowest BCUT2D eigenvalue weighted by Crippen LogP contribution is -1.94. The van der Waals surface area contributed by atoms with E-state index in [1.165, 1.54) is 47.1 Å². The van der Waals surface area contributed by atoms with Gasteiger partial charge in [-0.05, 0) is 70.6 Å². The number of aryl methyl sites for hydroxylation is 2. The fourth-order valence-electron chi connectivity index (χ4n) is 1.91. The van der Waals surface area contributed by atoms with Crippen LogP contribution in [0.5, 0.6) is 0 Å². The van der Waals surface area contributed by atoms with Gasteiger partial charge in [0.25, 0.3) is 0 Å². The van der Waals surface area contributed by atoms with Crippen molar-refractivity contribution < 1.29 is 0 Å². The van der Waals surface area contributed by atoms with E-state index in [2.05, 4.69) is 77.0 Å². The van der Waals surface area contributed by atoms with Gasteiger partial charge in [-0.3, -0.25) is 4.99 Å². The molecular formula is C25H41N. The molecule has 26 heavy (non-hydrogen) atoms. The zero-order valence-corrected chi connectivity index (χ0v) is 18.6.